The average Bonchev–Trinajstić information content (AvgIpc) is 2.90. The highest BCUT2D eigenvalue weighted by Crippen LogP contribution is 2.27. The van der Waals surface area contributed by atoms with Crippen molar-refractivity contribution in [1.82, 2.24) is 10.2 Å². The van der Waals surface area contributed by atoms with Gasteiger partial charge in [0.1, 0.15) is 5.58 Å². The number of carbonyl (C=O) groups excluding carboxylic acids is 1. The van der Waals surface area contributed by atoms with Crippen LogP contribution in [-0.4, -0.2) is 47.1 Å². The Bertz CT molecular complexity index is 821. The van der Waals surface area contributed by atoms with Crippen molar-refractivity contribution in [1.29, 1.82) is 0 Å². The first-order chi connectivity index (χ1) is 12.4. The summed E-state index contributed by atoms with van der Waals surface area (Å²) in [6.07, 6.45) is 3.57. The smallest absolute Gasteiger partial charge is 0.317 e. The molecule has 0 unspecified atom stereocenters. The molecule has 0 aliphatic heterocycles. The molecule has 6 nitrogen and oxygen atoms in total. The molecule has 1 aliphatic carbocycles. The van der Waals surface area contributed by atoms with E-state index in [1.165, 1.54) is 11.1 Å². The molecule has 1 amide bonds. The van der Waals surface area contributed by atoms with Crippen LogP contribution in [0.2, 0.25) is 0 Å². The van der Waals surface area contributed by atoms with E-state index in [0.29, 0.717) is 13.0 Å². The molecule has 140 valence electrons. The highest BCUT2D eigenvalue weighted by Gasteiger charge is 2.34. The number of furan rings is 1. The molecular weight excluding hydrogens is 332 g/mol. The highest BCUT2D eigenvalue weighted by atomic mass is 16.4. The first kappa shape index (κ1) is 18.5. The van der Waals surface area contributed by atoms with Crippen molar-refractivity contribution in [2.45, 2.75) is 52.1 Å². The van der Waals surface area contributed by atoms with Crippen LogP contribution in [0.5, 0.6) is 0 Å². The number of carbonyl (C=O) groups is 2. The maximum Gasteiger partial charge on any atom is 0.317 e. The fraction of sp³-hybridized carbons (Fsp3) is 0.500. The van der Waals surface area contributed by atoms with Gasteiger partial charge in [0.2, 0.25) is 5.91 Å². The maximum absolute atomic E-state index is 12.4. The number of rotatable bonds is 7. The summed E-state index contributed by atoms with van der Waals surface area (Å²) in [5.74, 6) is -0.827. The molecule has 1 saturated carbocycles. The standard InChI is InChI=1S/C20H26N2O4/c1-4-22(10-20(24)25)16-8-15(9-16)21-19(23)7-14-11-26-18-6-13(3)12(2)5-17(14)18/h5-6,11,15-16H,4,7-10H2,1-3H3,(H,21,23)(H,24,25). The van der Waals surface area contributed by atoms with Crippen LogP contribution < -0.4 is 5.32 Å². The summed E-state index contributed by atoms with van der Waals surface area (Å²) >= 11 is 0. The van der Waals surface area contributed by atoms with E-state index in [4.69, 9.17) is 9.52 Å². The topological polar surface area (TPSA) is 82.8 Å². The Morgan fingerprint density at radius 1 is 1.27 bits per heavy atom. The molecule has 2 N–H and O–H groups in total. The number of likely N-dealkylation sites (N-methyl/N-ethyl adjacent to an activating group) is 1. The quantitative estimate of drug-likeness (QED) is 0.795. The largest absolute Gasteiger partial charge is 0.480 e. The van der Waals surface area contributed by atoms with Crippen molar-refractivity contribution < 1.29 is 19.1 Å². The van der Waals surface area contributed by atoms with E-state index in [1.807, 2.05) is 24.8 Å². The van der Waals surface area contributed by atoms with Gasteiger partial charge in [0, 0.05) is 23.0 Å². The lowest BCUT2D eigenvalue weighted by molar-refractivity contribution is -0.139. The van der Waals surface area contributed by atoms with E-state index in [0.717, 1.165) is 29.4 Å². The summed E-state index contributed by atoms with van der Waals surface area (Å²) < 4.78 is 5.59. The molecule has 0 spiro atoms. The monoisotopic (exact) mass is 358 g/mol. The first-order valence-corrected chi connectivity index (χ1v) is 9.10. The first-order valence-electron chi connectivity index (χ1n) is 9.10. The molecule has 0 bridgehead atoms. The number of benzene rings is 1. The van der Waals surface area contributed by atoms with Gasteiger partial charge in [-0.05, 0) is 56.5 Å². The zero-order valence-corrected chi connectivity index (χ0v) is 15.5. The van der Waals surface area contributed by atoms with Gasteiger partial charge < -0.3 is 14.8 Å². The Hall–Kier alpha value is -2.34. The highest BCUT2D eigenvalue weighted by molar-refractivity contribution is 5.88. The van der Waals surface area contributed by atoms with Gasteiger partial charge in [-0.15, -0.1) is 0 Å². The number of nitrogens with one attached hydrogen (secondary N) is 1. The molecule has 0 radical (unpaired) electrons. The molecule has 3 rings (SSSR count). The summed E-state index contributed by atoms with van der Waals surface area (Å²) in [4.78, 5) is 25.2. The Morgan fingerprint density at radius 2 is 1.96 bits per heavy atom. The second-order valence-electron chi connectivity index (χ2n) is 7.22. The summed E-state index contributed by atoms with van der Waals surface area (Å²) in [6.45, 7) is 6.82. The molecule has 1 aromatic heterocycles. The van der Waals surface area contributed by atoms with Crippen LogP contribution >= 0.6 is 0 Å². The van der Waals surface area contributed by atoms with Crippen molar-refractivity contribution in [3.63, 3.8) is 0 Å². The zero-order chi connectivity index (χ0) is 18.8. The summed E-state index contributed by atoms with van der Waals surface area (Å²) in [6, 6.07) is 4.44. The SMILES string of the molecule is CCN(CC(=O)O)C1CC(NC(=O)Cc2coc3cc(C)c(C)cc23)C1. The second-order valence-corrected chi connectivity index (χ2v) is 7.22. The Labute approximate surface area is 153 Å². The molecule has 6 heteroatoms. The third-order valence-electron chi connectivity index (χ3n) is 5.36. The van der Waals surface area contributed by atoms with Crippen molar-refractivity contribution in [3.8, 4) is 0 Å². The molecule has 1 fully saturated rings. The van der Waals surface area contributed by atoms with E-state index >= 15 is 0 Å². The van der Waals surface area contributed by atoms with Crippen LogP contribution in [0.15, 0.2) is 22.8 Å². The molecule has 1 aliphatic rings. The average molecular weight is 358 g/mol. The summed E-state index contributed by atoms with van der Waals surface area (Å²) in [5.41, 5.74) is 4.06. The zero-order valence-electron chi connectivity index (χ0n) is 15.5. The Morgan fingerprint density at radius 3 is 2.62 bits per heavy atom. The van der Waals surface area contributed by atoms with Crippen LogP contribution in [0.4, 0.5) is 0 Å². The van der Waals surface area contributed by atoms with Gasteiger partial charge in [0.25, 0.3) is 0 Å². The minimum Gasteiger partial charge on any atom is -0.480 e. The van der Waals surface area contributed by atoms with Gasteiger partial charge in [0.05, 0.1) is 19.2 Å². The number of carboxylic acids is 1. The van der Waals surface area contributed by atoms with Gasteiger partial charge in [-0.25, -0.2) is 0 Å². The van der Waals surface area contributed by atoms with E-state index < -0.39 is 5.97 Å². The number of nitrogens with zero attached hydrogens (tertiary/aromatic N) is 1. The second kappa shape index (κ2) is 7.50. The third-order valence-corrected chi connectivity index (χ3v) is 5.36. The van der Waals surface area contributed by atoms with Crippen LogP contribution in [-0.2, 0) is 16.0 Å². The minimum atomic E-state index is -0.809. The number of fused-ring (bicyclic) bond motifs is 1. The van der Waals surface area contributed by atoms with Crippen molar-refractivity contribution >= 4 is 22.8 Å². The molecule has 0 saturated heterocycles. The summed E-state index contributed by atoms with van der Waals surface area (Å²) in [5, 5.41) is 13.0. The predicted octanol–water partition coefficient (Wildman–Crippen LogP) is 2.65. The molecule has 2 aromatic rings. The summed E-state index contributed by atoms with van der Waals surface area (Å²) in [7, 11) is 0. The lowest BCUT2D eigenvalue weighted by atomic mass is 9.85. The van der Waals surface area contributed by atoms with Crippen molar-refractivity contribution in [2.75, 3.05) is 13.1 Å². The van der Waals surface area contributed by atoms with Crippen LogP contribution in [0.1, 0.15) is 36.5 Å². The maximum atomic E-state index is 12.4. The fourth-order valence-corrected chi connectivity index (χ4v) is 3.60. The van der Waals surface area contributed by atoms with Crippen molar-refractivity contribution in [3.05, 3.63) is 35.1 Å². The van der Waals surface area contributed by atoms with E-state index in [2.05, 4.69) is 18.3 Å². The predicted molar refractivity (Wildman–Crippen MR) is 99.2 cm³/mol. The fourth-order valence-electron chi connectivity index (χ4n) is 3.60. The lowest BCUT2D eigenvalue weighted by Crippen LogP contribution is -2.55. The molecule has 0 atom stereocenters. The van der Waals surface area contributed by atoms with Gasteiger partial charge >= 0.3 is 5.97 Å². The van der Waals surface area contributed by atoms with Crippen LogP contribution in [0.3, 0.4) is 0 Å². The van der Waals surface area contributed by atoms with Crippen LogP contribution in [0.25, 0.3) is 11.0 Å². The van der Waals surface area contributed by atoms with Gasteiger partial charge in [-0.3, -0.25) is 14.5 Å². The number of carboxylic acid groups (broad SMARTS) is 1. The number of hydrogen-bond acceptors (Lipinski definition) is 4. The van der Waals surface area contributed by atoms with E-state index in [9.17, 15) is 9.59 Å². The van der Waals surface area contributed by atoms with E-state index in [1.54, 1.807) is 6.26 Å². The Kier molecular flexibility index (Phi) is 5.32. The molecule has 1 aromatic carbocycles. The number of aryl methyl sites for hydroxylation is 2. The van der Waals surface area contributed by atoms with Gasteiger partial charge in [0.15, 0.2) is 0 Å². The number of hydrogen-bond donors (Lipinski definition) is 2. The lowest BCUT2D eigenvalue weighted by Gasteiger charge is -2.42. The third kappa shape index (κ3) is 3.90. The number of aliphatic carboxylic acids is 1. The van der Waals surface area contributed by atoms with E-state index in [-0.39, 0.29) is 24.5 Å². The van der Waals surface area contributed by atoms with Gasteiger partial charge in [-0.2, -0.15) is 0 Å². The molecular formula is C20H26N2O4. The van der Waals surface area contributed by atoms with Gasteiger partial charge in [-0.1, -0.05) is 6.92 Å². The normalized spacial score (nSPS) is 19.5. The Balaban J connectivity index is 1.54. The minimum absolute atomic E-state index is 0.0179. The number of amides is 1. The van der Waals surface area contributed by atoms with Crippen molar-refractivity contribution in [2.24, 2.45) is 0 Å². The molecule has 26 heavy (non-hydrogen) atoms. The van der Waals surface area contributed by atoms with Crippen LogP contribution in [0, 0.1) is 13.8 Å². The molecule has 1 heterocycles.